The standard InChI is InChI=1S/C5H9NO.C5H8O3/c1-3-4(2)5(6)7;1-2-5(7)8-4-3-6/h3H,1-2H3,(H2,6,7);2,6H,1,3-4H2. The zero-order valence-electron chi connectivity index (χ0n) is 9.03. The highest BCUT2D eigenvalue weighted by atomic mass is 16.5. The van der Waals surface area contributed by atoms with Crippen molar-refractivity contribution >= 4 is 11.9 Å². The summed E-state index contributed by atoms with van der Waals surface area (Å²) >= 11 is 0. The fourth-order valence-corrected chi connectivity index (χ4v) is 0.347. The van der Waals surface area contributed by atoms with E-state index >= 15 is 0 Å². The van der Waals surface area contributed by atoms with Crippen LogP contribution in [0.5, 0.6) is 0 Å². The minimum absolute atomic E-state index is 0.0465. The number of nitrogens with two attached hydrogens (primary N) is 1. The maximum atomic E-state index is 10.1. The van der Waals surface area contributed by atoms with Crippen LogP contribution in [0.15, 0.2) is 24.3 Å². The highest BCUT2D eigenvalue weighted by molar-refractivity contribution is 5.91. The van der Waals surface area contributed by atoms with Gasteiger partial charge in [0, 0.05) is 11.6 Å². The van der Waals surface area contributed by atoms with Crippen LogP contribution in [0.25, 0.3) is 0 Å². The average molecular weight is 215 g/mol. The third-order valence-electron chi connectivity index (χ3n) is 1.32. The lowest BCUT2D eigenvalue weighted by Gasteiger charge is -1.94. The van der Waals surface area contributed by atoms with Crippen LogP contribution < -0.4 is 5.73 Å². The molecule has 0 aliphatic heterocycles. The van der Waals surface area contributed by atoms with Gasteiger partial charge in [-0.3, -0.25) is 4.79 Å². The number of esters is 1. The van der Waals surface area contributed by atoms with Crippen molar-refractivity contribution in [1.29, 1.82) is 0 Å². The summed E-state index contributed by atoms with van der Waals surface area (Å²) in [5.41, 5.74) is 5.45. The van der Waals surface area contributed by atoms with Crippen molar-refractivity contribution in [3.63, 3.8) is 0 Å². The molecule has 0 rings (SSSR count). The van der Waals surface area contributed by atoms with E-state index in [4.69, 9.17) is 10.8 Å². The zero-order valence-corrected chi connectivity index (χ0v) is 9.03. The molecule has 1 amide bonds. The number of carbonyl (C=O) groups is 2. The van der Waals surface area contributed by atoms with Crippen LogP contribution in [0.3, 0.4) is 0 Å². The molecule has 0 radical (unpaired) electrons. The Kier molecular flexibility index (Phi) is 11.0. The number of aliphatic hydroxyl groups excluding tert-OH is 1. The quantitative estimate of drug-likeness (QED) is 0.516. The monoisotopic (exact) mass is 215 g/mol. The van der Waals surface area contributed by atoms with Gasteiger partial charge in [-0.1, -0.05) is 12.7 Å². The average Bonchev–Trinajstić information content (AvgIpc) is 2.25. The first-order chi connectivity index (χ1) is 6.99. The van der Waals surface area contributed by atoms with E-state index in [1.807, 2.05) is 0 Å². The number of carbonyl (C=O) groups excluding carboxylic acids is 2. The lowest BCUT2D eigenvalue weighted by molar-refractivity contribution is -0.138. The maximum absolute atomic E-state index is 10.1. The molecule has 0 aromatic rings. The summed E-state index contributed by atoms with van der Waals surface area (Å²) in [6.45, 7) is 6.53. The van der Waals surface area contributed by atoms with Crippen LogP contribution in [0, 0.1) is 0 Å². The van der Waals surface area contributed by atoms with Crippen LogP contribution in [0.2, 0.25) is 0 Å². The number of ether oxygens (including phenoxy) is 1. The number of primary amides is 1. The molecule has 0 unspecified atom stereocenters. The molecular formula is C10H17NO4. The van der Waals surface area contributed by atoms with Gasteiger partial charge < -0.3 is 15.6 Å². The first-order valence-corrected chi connectivity index (χ1v) is 4.32. The summed E-state index contributed by atoms with van der Waals surface area (Å²) in [6.07, 6.45) is 2.73. The molecule has 5 heteroatoms. The van der Waals surface area contributed by atoms with Crippen molar-refractivity contribution in [2.45, 2.75) is 13.8 Å². The van der Waals surface area contributed by atoms with Gasteiger partial charge >= 0.3 is 5.97 Å². The molecule has 5 nitrogen and oxygen atoms in total. The van der Waals surface area contributed by atoms with Crippen LogP contribution >= 0.6 is 0 Å². The van der Waals surface area contributed by atoms with E-state index in [1.165, 1.54) is 0 Å². The molecule has 0 spiro atoms. The molecule has 0 saturated heterocycles. The third kappa shape index (κ3) is 12.4. The fraction of sp³-hybridized carbons (Fsp3) is 0.400. The summed E-state index contributed by atoms with van der Waals surface area (Å²) in [5, 5.41) is 8.10. The van der Waals surface area contributed by atoms with E-state index in [-0.39, 0.29) is 19.1 Å². The molecule has 0 atom stereocenters. The summed E-state index contributed by atoms with van der Waals surface area (Å²) in [7, 11) is 0. The van der Waals surface area contributed by atoms with Gasteiger partial charge in [-0.15, -0.1) is 0 Å². The van der Waals surface area contributed by atoms with Gasteiger partial charge in [0.1, 0.15) is 6.61 Å². The van der Waals surface area contributed by atoms with Gasteiger partial charge in [-0.05, 0) is 13.8 Å². The number of hydrogen-bond donors (Lipinski definition) is 2. The Balaban J connectivity index is 0. The van der Waals surface area contributed by atoms with Crippen LogP contribution in [0.4, 0.5) is 0 Å². The molecule has 15 heavy (non-hydrogen) atoms. The van der Waals surface area contributed by atoms with Crippen molar-refractivity contribution in [3.05, 3.63) is 24.3 Å². The summed E-state index contributed by atoms with van der Waals surface area (Å²) in [5.74, 6) is -0.846. The third-order valence-corrected chi connectivity index (χ3v) is 1.32. The van der Waals surface area contributed by atoms with Gasteiger partial charge in [0.05, 0.1) is 6.61 Å². The lowest BCUT2D eigenvalue weighted by Crippen LogP contribution is -2.10. The Labute approximate surface area is 89.2 Å². The van der Waals surface area contributed by atoms with Gasteiger partial charge in [0.15, 0.2) is 0 Å². The first-order valence-electron chi connectivity index (χ1n) is 4.32. The second-order valence-electron chi connectivity index (χ2n) is 2.43. The number of aliphatic hydroxyl groups is 1. The summed E-state index contributed by atoms with van der Waals surface area (Å²) in [6, 6.07) is 0. The second-order valence-corrected chi connectivity index (χ2v) is 2.43. The number of amides is 1. The number of hydrogen-bond acceptors (Lipinski definition) is 4. The Morgan fingerprint density at radius 1 is 1.53 bits per heavy atom. The van der Waals surface area contributed by atoms with Crippen molar-refractivity contribution in [3.8, 4) is 0 Å². The molecule has 3 N–H and O–H groups in total. The summed E-state index contributed by atoms with van der Waals surface area (Å²) < 4.78 is 4.33. The smallest absolute Gasteiger partial charge is 0.330 e. The maximum Gasteiger partial charge on any atom is 0.330 e. The Morgan fingerprint density at radius 2 is 2.07 bits per heavy atom. The summed E-state index contributed by atoms with van der Waals surface area (Å²) in [4.78, 5) is 20.2. The molecule has 0 aromatic heterocycles. The predicted octanol–water partition coefficient (Wildman–Crippen LogP) is 0.146. The van der Waals surface area contributed by atoms with E-state index in [0.29, 0.717) is 5.57 Å². The molecule has 0 aliphatic rings. The highest BCUT2D eigenvalue weighted by Crippen LogP contribution is 1.85. The van der Waals surface area contributed by atoms with Crippen molar-refractivity contribution in [2.75, 3.05) is 13.2 Å². The molecule has 0 bridgehead atoms. The van der Waals surface area contributed by atoms with E-state index in [9.17, 15) is 9.59 Å². The SMILES string of the molecule is C=CC(=O)OCCO.CC=C(C)C(N)=O. The van der Waals surface area contributed by atoms with E-state index in [2.05, 4.69) is 11.3 Å². The van der Waals surface area contributed by atoms with Gasteiger partial charge in [0.2, 0.25) is 5.91 Å². The van der Waals surface area contributed by atoms with Gasteiger partial charge in [-0.2, -0.15) is 0 Å². The van der Waals surface area contributed by atoms with Gasteiger partial charge in [-0.25, -0.2) is 4.79 Å². The topological polar surface area (TPSA) is 89.6 Å². The largest absolute Gasteiger partial charge is 0.460 e. The second kappa shape index (κ2) is 10.5. The number of allylic oxidation sites excluding steroid dienone is 1. The van der Waals surface area contributed by atoms with Crippen LogP contribution in [-0.2, 0) is 14.3 Å². The van der Waals surface area contributed by atoms with Gasteiger partial charge in [0.25, 0.3) is 0 Å². The molecule has 0 aliphatic carbocycles. The Hall–Kier alpha value is -1.62. The molecule has 0 aromatic carbocycles. The van der Waals surface area contributed by atoms with Crippen LogP contribution in [-0.4, -0.2) is 30.2 Å². The minimum atomic E-state index is -0.501. The van der Waals surface area contributed by atoms with Crippen molar-refractivity contribution in [1.82, 2.24) is 0 Å². The Morgan fingerprint density at radius 3 is 2.27 bits per heavy atom. The zero-order chi connectivity index (χ0) is 12.3. The minimum Gasteiger partial charge on any atom is -0.460 e. The normalized spacial score (nSPS) is 9.67. The molecule has 0 saturated carbocycles. The van der Waals surface area contributed by atoms with Crippen LogP contribution in [0.1, 0.15) is 13.8 Å². The Bertz CT molecular complexity index is 246. The number of rotatable bonds is 4. The predicted molar refractivity (Wildman–Crippen MR) is 56.9 cm³/mol. The van der Waals surface area contributed by atoms with E-state index in [0.717, 1.165) is 6.08 Å². The van der Waals surface area contributed by atoms with Crippen molar-refractivity contribution < 1.29 is 19.4 Å². The van der Waals surface area contributed by atoms with Crippen molar-refractivity contribution in [2.24, 2.45) is 5.73 Å². The first kappa shape index (κ1) is 15.8. The molecule has 0 fully saturated rings. The highest BCUT2D eigenvalue weighted by Gasteiger charge is 1.90. The van der Waals surface area contributed by atoms with E-state index < -0.39 is 5.97 Å². The lowest BCUT2D eigenvalue weighted by atomic mass is 10.3. The van der Waals surface area contributed by atoms with E-state index in [1.54, 1.807) is 19.9 Å². The molecular weight excluding hydrogens is 198 g/mol. The molecule has 0 heterocycles. The fourth-order valence-electron chi connectivity index (χ4n) is 0.347. The molecule has 86 valence electrons.